The molecule has 0 spiro atoms. The van der Waals surface area contributed by atoms with Gasteiger partial charge in [-0.25, -0.2) is 4.39 Å². The molecular weight excluding hydrogens is 261 g/mol. The first-order chi connectivity index (χ1) is 9.49. The smallest absolute Gasteiger partial charge is 0.307 e. The Labute approximate surface area is 117 Å². The van der Waals surface area contributed by atoms with E-state index in [0.29, 0.717) is 18.5 Å². The first-order valence-electron chi connectivity index (χ1n) is 6.75. The van der Waals surface area contributed by atoms with Crippen molar-refractivity contribution in [1.29, 1.82) is 0 Å². The number of rotatable bonds is 4. The van der Waals surface area contributed by atoms with Crippen molar-refractivity contribution in [2.24, 2.45) is 5.92 Å². The van der Waals surface area contributed by atoms with Gasteiger partial charge in [-0.05, 0) is 50.6 Å². The molecule has 1 aliphatic heterocycles. The molecule has 0 bridgehead atoms. The Morgan fingerprint density at radius 1 is 1.35 bits per heavy atom. The van der Waals surface area contributed by atoms with Gasteiger partial charge in [-0.15, -0.1) is 0 Å². The second kappa shape index (κ2) is 6.13. The minimum Gasteiger partial charge on any atom is -0.481 e. The zero-order chi connectivity index (χ0) is 14.7. The quantitative estimate of drug-likeness (QED) is 0.858. The van der Waals surface area contributed by atoms with Gasteiger partial charge in [0.2, 0.25) is 0 Å². The molecular formula is C15H18FNO3. The topological polar surface area (TPSA) is 57.6 Å². The number of aliphatic carboxylic acids is 1. The standard InChI is InChI=1S/C15H18FNO3/c1-10(14(18)11-4-6-13(16)7-5-11)17-8-2-3-12(9-17)15(19)20/h4-7,10,12H,2-3,8-9H2,1H3,(H,19,20). The average Bonchev–Trinajstić information content (AvgIpc) is 2.46. The molecule has 0 aliphatic carbocycles. The monoisotopic (exact) mass is 279 g/mol. The number of carbonyl (C=O) groups is 2. The SMILES string of the molecule is CC(C(=O)c1ccc(F)cc1)N1CCCC(C(=O)O)C1. The molecule has 0 radical (unpaired) electrons. The highest BCUT2D eigenvalue weighted by Gasteiger charge is 2.30. The Bertz CT molecular complexity index is 500. The predicted molar refractivity (Wildman–Crippen MR) is 72.1 cm³/mol. The number of carbonyl (C=O) groups excluding carboxylic acids is 1. The van der Waals surface area contributed by atoms with Crippen molar-refractivity contribution in [1.82, 2.24) is 4.90 Å². The average molecular weight is 279 g/mol. The lowest BCUT2D eigenvalue weighted by Gasteiger charge is -2.34. The lowest BCUT2D eigenvalue weighted by molar-refractivity contribution is -0.143. The van der Waals surface area contributed by atoms with E-state index in [4.69, 9.17) is 5.11 Å². The number of piperidine rings is 1. The van der Waals surface area contributed by atoms with Crippen molar-refractivity contribution < 1.29 is 19.1 Å². The van der Waals surface area contributed by atoms with Gasteiger partial charge in [-0.2, -0.15) is 0 Å². The highest BCUT2D eigenvalue weighted by atomic mass is 19.1. The van der Waals surface area contributed by atoms with Gasteiger partial charge in [0.05, 0.1) is 12.0 Å². The summed E-state index contributed by atoms with van der Waals surface area (Å²) in [7, 11) is 0. The predicted octanol–water partition coefficient (Wildman–Crippen LogP) is 2.19. The summed E-state index contributed by atoms with van der Waals surface area (Å²) in [5.41, 5.74) is 0.455. The maximum Gasteiger partial charge on any atom is 0.307 e. The van der Waals surface area contributed by atoms with Gasteiger partial charge in [0, 0.05) is 12.1 Å². The minimum atomic E-state index is -0.809. The van der Waals surface area contributed by atoms with Crippen molar-refractivity contribution in [2.45, 2.75) is 25.8 Å². The molecule has 0 aromatic heterocycles. The van der Waals surface area contributed by atoms with Crippen molar-refractivity contribution >= 4 is 11.8 Å². The molecule has 5 heteroatoms. The van der Waals surface area contributed by atoms with Crippen LogP contribution in [0.2, 0.25) is 0 Å². The Morgan fingerprint density at radius 2 is 2.00 bits per heavy atom. The summed E-state index contributed by atoms with van der Waals surface area (Å²) < 4.78 is 12.9. The number of likely N-dealkylation sites (tertiary alicyclic amines) is 1. The third kappa shape index (κ3) is 3.22. The van der Waals surface area contributed by atoms with Gasteiger partial charge >= 0.3 is 5.97 Å². The first-order valence-corrected chi connectivity index (χ1v) is 6.75. The van der Waals surface area contributed by atoms with E-state index in [1.807, 2.05) is 4.90 Å². The van der Waals surface area contributed by atoms with Crippen LogP contribution in [0.25, 0.3) is 0 Å². The zero-order valence-electron chi connectivity index (χ0n) is 11.4. The number of Topliss-reactive ketones (excluding diaryl/α,β-unsaturated/α-hetero) is 1. The maximum atomic E-state index is 12.9. The molecule has 2 unspecified atom stereocenters. The molecule has 1 saturated heterocycles. The van der Waals surface area contributed by atoms with Crippen LogP contribution in [0.4, 0.5) is 4.39 Å². The van der Waals surface area contributed by atoms with Crippen LogP contribution in [-0.2, 0) is 4.79 Å². The van der Waals surface area contributed by atoms with E-state index in [9.17, 15) is 14.0 Å². The summed E-state index contributed by atoms with van der Waals surface area (Å²) in [5, 5.41) is 9.07. The molecule has 0 saturated carbocycles. The first kappa shape index (κ1) is 14.7. The highest BCUT2D eigenvalue weighted by Crippen LogP contribution is 2.20. The molecule has 0 amide bonds. The van der Waals surface area contributed by atoms with Crippen molar-refractivity contribution in [2.75, 3.05) is 13.1 Å². The van der Waals surface area contributed by atoms with E-state index in [1.165, 1.54) is 24.3 Å². The minimum absolute atomic E-state index is 0.101. The second-order valence-corrected chi connectivity index (χ2v) is 5.22. The Balaban J connectivity index is 2.06. The third-order valence-electron chi connectivity index (χ3n) is 3.86. The fourth-order valence-electron chi connectivity index (χ4n) is 2.58. The van der Waals surface area contributed by atoms with Crippen LogP contribution in [-0.4, -0.2) is 40.9 Å². The van der Waals surface area contributed by atoms with E-state index in [-0.39, 0.29) is 17.6 Å². The molecule has 1 aliphatic rings. The highest BCUT2D eigenvalue weighted by molar-refractivity contribution is 5.99. The molecule has 1 N–H and O–H groups in total. The van der Waals surface area contributed by atoms with Crippen LogP contribution in [0.3, 0.4) is 0 Å². The van der Waals surface area contributed by atoms with E-state index < -0.39 is 11.9 Å². The number of benzene rings is 1. The van der Waals surface area contributed by atoms with Crippen molar-refractivity contribution in [3.05, 3.63) is 35.6 Å². The summed E-state index contributed by atoms with van der Waals surface area (Å²) in [6, 6.07) is 5.06. The van der Waals surface area contributed by atoms with Crippen molar-refractivity contribution in [3.8, 4) is 0 Å². The number of carboxylic acid groups (broad SMARTS) is 1. The molecule has 1 aromatic rings. The number of ketones is 1. The number of halogens is 1. The molecule has 20 heavy (non-hydrogen) atoms. The van der Waals surface area contributed by atoms with Gasteiger partial charge in [0.15, 0.2) is 5.78 Å². The molecule has 108 valence electrons. The summed E-state index contributed by atoms with van der Waals surface area (Å²) >= 11 is 0. The maximum absolute atomic E-state index is 12.9. The van der Waals surface area contributed by atoms with E-state index in [2.05, 4.69) is 0 Å². The lowest BCUT2D eigenvalue weighted by atomic mass is 9.95. The fourth-order valence-corrected chi connectivity index (χ4v) is 2.58. The van der Waals surface area contributed by atoms with E-state index in [1.54, 1.807) is 6.92 Å². The Hall–Kier alpha value is -1.75. The van der Waals surface area contributed by atoms with Gasteiger partial charge in [-0.3, -0.25) is 14.5 Å². The van der Waals surface area contributed by atoms with Crippen LogP contribution < -0.4 is 0 Å². The summed E-state index contributed by atoms with van der Waals surface area (Å²) in [6.45, 7) is 2.89. The van der Waals surface area contributed by atoms with Crippen molar-refractivity contribution in [3.63, 3.8) is 0 Å². The number of nitrogens with zero attached hydrogens (tertiary/aromatic N) is 1. The van der Waals surface area contributed by atoms with Gasteiger partial charge < -0.3 is 5.11 Å². The summed E-state index contributed by atoms with van der Waals surface area (Å²) in [4.78, 5) is 25.3. The van der Waals surface area contributed by atoms with Crippen LogP contribution in [0.5, 0.6) is 0 Å². The van der Waals surface area contributed by atoms with Gasteiger partial charge in [0.1, 0.15) is 5.82 Å². The van der Waals surface area contributed by atoms with Crippen LogP contribution in [0.1, 0.15) is 30.1 Å². The fraction of sp³-hybridized carbons (Fsp3) is 0.467. The van der Waals surface area contributed by atoms with Crippen LogP contribution in [0, 0.1) is 11.7 Å². The molecule has 1 aromatic carbocycles. The number of hydrogen-bond donors (Lipinski definition) is 1. The Morgan fingerprint density at radius 3 is 2.60 bits per heavy atom. The summed E-state index contributed by atoms with van der Waals surface area (Å²) in [6.07, 6.45) is 1.43. The van der Waals surface area contributed by atoms with E-state index >= 15 is 0 Å². The molecule has 4 nitrogen and oxygen atoms in total. The summed E-state index contributed by atoms with van der Waals surface area (Å²) in [5.74, 6) is -1.70. The van der Waals surface area contributed by atoms with Crippen LogP contribution in [0.15, 0.2) is 24.3 Å². The molecule has 1 heterocycles. The zero-order valence-corrected chi connectivity index (χ0v) is 11.4. The normalized spacial score (nSPS) is 21.4. The van der Waals surface area contributed by atoms with Gasteiger partial charge in [0.25, 0.3) is 0 Å². The Kier molecular flexibility index (Phi) is 4.49. The molecule has 2 rings (SSSR count). The third-order valence-corrected chi connectivity index (χ3v) is 3.86. The molecule has 2 atom stereocenters. The lowest BCUT2D eigenvalue weighted by Crippen LogP contribution is -2.46. The van der Waals surface area contributed by atoms with E-state index in [0.717, 1.165) is 13.0 Å². The van der Waals surface area contributed by atoms with Crippen LogP contribution >= 0.6 is 0 Å². The second-order valence-electron chi connectivity index (χ2n) is 5.22. The number of carboxylic acids is 1. The number of hydrogen-bond acceptors (Lipinski definition) is 3. The molecule has 1 fully saturated rings. The largest absolute Gasteiger partial charge is 0.481 e. The van der Waals surface area contributed by atoms with Gasteiger partial charge in [-0.1, -0.05) is 0 Å².